The molecule has 5 nitrogen and oxygen atoms in total. The van der Waals surface area contributed by atoms with E-state index >= 15 is 0 Å². The number of aromatic nitrogens is 3. The Labute approximate surface area is 143 Å². The lowest BCUT2D eigenvalue weighted by atomic mass is 10.1. The number of H-pyrrole nitrogens is 1. The Hall–Kier alpha value is -2.08. The maximum absolute atomic E-state index is 12.2. The first-order valence-electron chi connectivity index (χ1n) is 7.64. The van der Waals surface area contributed by atoms with Crippen LogP contribution in [0.4, 0.5) is 0 Å². The fraction of sp³-hybridized carbons (Fsp3) is 0.294. The Kier molecular flexibility index (Phi) is 4.81. The van der Waals surface area contributed by atoms with E-state index in [2.05, 4.69) is 43.5 Å². The van der Waals surface area contributed by atoms with E-state index in [-0.39, 0.29) is 11.8 Å². The van der Waals surface area contributed by atoms with E-state index in [0.29, 0.717) is 13.1 Å². The molecule has 0 unspecified atom stereocenters. The molecular weight excluding hydrogens is 356 g/mol. The van der Waals surface area contributed by atoms with Crippen molar-refractivity contribution in [2.24, 2.45) is 5.92 Å². The topological polar surface area (TPSA) is 62.7 Å². The van der Waals surface area contributed by atoms with E-state index in [1.807, 2.05) is 31.5 Å². The maximum atomic E-state index is 12.2. The molecule has 0 saturated carbocycles. The fourth-order valence-electron chi connectivity index (χ4n) is 2.63. The normalized spacial score (nSPS) is 12.4. The molecule has 0 bridgehead atoms. The number of hydrogen-bond acceptors (Lipinski definition) is 2. The Balaban J connectivity index is 1.50. The van der Waals surface area contributed by atoms with Gasteiger partial charge in [-0.15, -0.1) is 0 Å². The smallest absolute Gasteiger partial charge is 0.224 e. The van der Waals surface area contributed by atoms with Crippen LogP contribution in [-0.4, -0.2) is 27.2 Å². The molecule has 1 aromatic carbocycles. The van der Waals surface area contributed by atoms with Crippen molar-refractivity contribution in [1.29, 1.82) is 0 Å². The van der Waals surface area contributed by atoms with Crippen LogP contribution in [0.5, 0.6) is 0 Å². The van der Waals surface area contributed by atoms with Gasteiger partial charge < -0.3 is 10.3 Å². The van der Waals surface area contributed by atoms with Crippen LogP contribution < -0.4 is 5.32 Å². The van der Waals surface area contributed by atoms with Crippen LogP contribution in [0.25, 0.3) is 10.9 Å². The molecule has 0 aliphatic rings. The van der Waals surface area contributed by atoms with Gasteiger partial charge in [-0.25, -0.2) is 0 Å². The summed E-state index contributed by atoms with van der Waals surface area (Å²) < 4.78 is 2.69. The maximum Gasteiger partial charge on any atom is 0.224 e. The zero-order valence-corrected chi connectivity index (χ0v) is 14.5. The summed E-state index contributed by atoms with van der Waals surface area (Å²) in [6.45, 7) is 3.12. The van der Waals surface area contributed by atoms with E-state index in [4.69, 9.17) is 0 Å². The molecule has 0 aliphatic heterocycles. The van der Waals surface area contributed by atoms with E-state index in [1.165, 1.54) is 10.9 Å². The molecule has 0 aliphatic carbocycles. The number of rotatable bonds is 6. The van der Waals surface area contributed by atoms with E-state index in [0.717, 1.165) is 16.4 Å². The second-order valence-corrected chi connectivity index (χ2v) is 6.60. The van der Waals surface area contributed by atoms with Crippen molar-refractivity contribution in [3.05, 3.63) is 52.9 Å². The predicted molar refractivity (Wildman–Crippen MR) is 94.1 cm³/mol. The molecular formula is C17H19BrN4O. The van der Waals surface area contributed by atoms with Gasteiger partial charge in [0, 0.05) is 29.8 Å². The lowest BCUT2D eigenvalue weighted by Gasteiger charge is -2.12. The van der Waals surface area contributed by atoms with Crippen molar-refractivity contribution < 1.29 is 4.79 Å². The first-order chi connectivity index (χ1) is 11.1. The number of nitrogens with one attached hydrogen (secondary N) is 2. The molecule has 120 valence electrons. The Morgan fingerprint density at radius 2 is 2.26 bits per heavy atom. The highest BCUT2D eigenvalue weighted by Gasteiger charge is 2.14. The van der Waals surface area contributed by atoms with E-state index in [1.54, 1.807) is 10.9 Å². The number of benzene rings is 1. The summed E-state index contributed by atoms with van der Waals surface area (Å²) >= 11 is 3.36. The standard InChI is InChI=1S/C17H19BrN4O/c1-12(10-22-11-14(18)9-21-22)17(23)19-7-6-13-8-20-16-5-3-2-4-15(13)16/h2-5,8-9,11-12,20H,6-7,10H2,1H3,(H,19,23)/t12-/m1/s1. The van der Waals surface area contributed by atoms with Gasteiger partial charge in [-0.2, -0.15) is 5.10 Å². The van der Waals surface area contributed by atoms with Crippen molar-refractivity contribution in [1.82, 2.24) is 20.1 Å². The number of fused-ring (bicyclic) bond motifs is 1. The number of aromatic amines is 1. The zero-order valence-electron chi connectivity index (χ0n) is 12.9. The summed E-state index contributed by atoms with van der Waals surface area (Å²) in [7, 11) is 0. The van der Waals surface area contributed by atoms with Gasteiger partial charge in [-0.3, -0.25) is 9.48 Å². The highest BCUT2D eigenvalue weighted by atomic mass is 79.9. The van der Waals surface area contributed by atoms with Gasteiger partial charge >= 0.3 is 0 Å². The number of amides is 1. The summed E-state index contributed by atoms with van der Waals surface area (Å²) in [6, 6.07) is 8.20. The van der Waals surface area contributed by atoms with Crippen LogP contribution in [0.15, 0.2) is 47.3 Å². The van der Waals surface area contributed by atoms with Gasteiger partial charge in [-0.05, 0) is 34.0 Å². The third kappa shape index (κ3) is 3.82. The number of halogens is 1. The molecule has 23 heavy (non-hydrogen) atoms. The van der Waals surface area contributed by atoms with E-state index < -0.39 is 0 Å². The largest absolute Gasteiger partial charge is 0.361 e. The number of hydrogen-bond donors (Lipinski definition) is 2. The first-order valence-corrected chi connectivity index (χ1v) is 8.43. The van der Waals surface area contributed by atoms with Crippen LogP contribution in [0.2, 0.25) is 0 Å². The number of carbonyl (C=O) groups is 1. The Bertz CT molecular complexity index is 808. The second-order valence-electron chi connectivity index (χ2n) is 5.68. The number of para-hydroxylation sites is 1. The summed E-state index contributed by atoms with van der Waals surface area (Å²) in [5, 5.41) is 8.40. The highest BCUT2D eigenvalue weighted by molar-refractivity contribution is 9.10. The molecule has 0 radical (unpaired) electrons. The average Bonchev–Trinajstić information content (AvgIpc) is 3.14. The van der Waals surface area contributed by atoms with Crippen molar-refractivity contribution >= 4 is 32.7 Å². The van der Waals surface area contributed by atoms with Gasteiger partial charge in [0.05, 0.1) is 23.1 Å². The monoisotopic (exact) mass is 374 g/mol. The van der Waals surface area contributed by atoms with Crippen LogP contribution >= 0.6 is 15.9 Å². The number of carbonyl (C=O) groups excluding carboxylic acids is 1. The predicted octanol–water partition coefficient (Wildman–Crippen LogP) is 3.12. The minimum Gasteiger partial charge on any atom is -0.361 e. The van der Waals surface area contributed by atoms with Gasteiger partial charge in [-0.1, -0.05) is 25.1 Å². The van der Waals surface area contributed by atoms with Gasteiger partial charge in [0.1, 0.15) is 0 Å². The molecule has 6 heteroatoms. The fourth-order valence-corrected chi connectivity index (χ4v) is 2.96. The van der Waals surface area contributed by atoms with Crippen LogP contribution in [0.1, 0.15) is 12.5 Å². The molecule has 3 aromatic rings. The van der Waals surface area contributed by atoms with Crippen molar-refractivity contribution in [2.45, 2.75) is 19.9 Å². The van der Waals surface area contributed by atoms with Crippen molar-refractivity contribution in [2.75, 3.05) is 6.54 Å². The Morgan fingerprint density at radius 1 is 1.43 bits per heavy atom. The third-order valence-corrected chi connectivity index (χ3v) is 4.29. The van der Waals surface area contributed by atoms with Gasteiger partial charge in [0.25, 0.3) is 0 Å². The molecule has 3 rings (SSSR count). The summed E-state index contributed by atoms with van der Waals surface area (Å²) in [5.41, 5.74) is 2.36. The lowest BCUT2D eigenvalue weighted by Crippen LogP contribution is -2.33. The summed E-state index contributed by atoms with van der Waals surface area (Å²) in [6.07, 6.45) is 6.43. The molecule has 0 fully saturated rings. The minimum atomic E-state index is -0.121. The Morgan fingerprint density at radius 3 is 3.04 bits per heavy atom. The molecule has 2 N–H and O–H groups in total. The van der Waals surface area contributed by atoms with Crippen molar-refractivity contribution in [3.8, 4) is 0 Å². The van der Waals surface area contributed by atoms with Crippen molar-refractivity contribution in [3.63, 3.8) is 0 Å². The van der Waals surface area contributed by atoms with Gasteiger partial charge in [0.2, 0.25) is 5.91 Å². The zero-order chi connectivity index (χ0) is 16.2. The summed E-state index contributed by atoms with van der Waals surface area (Å²) in [5.74, 6) is -0.0683. The molecule has 2 heterocycles. The SMILES string of the molecule is C[C@H](Cn1cc(Br)cn1)C(=O)NCCc1c[nH]c2ccccc12. The average molecular weight is 375 g/mol. The minimum absolute atomic E-state index is 0.0523. The van der Waals surface area contributed by atoms with Gasteiger partial charge in [0.15, 0.2) is 0 Å². The van der Waals surface area contributed by atoms with E-state index in [9.17, 15) is 4.79 Å². The lowest BCUT2D eigenvalue weighted by molar-refractivity contribution is -0.124. The molecule has 0 saturated heterocycles. The number of nitrogens with zero attached hydrogens (tertiary/aromatic N) is 2. The second kappa shape index (κ2) is 7.00. The molecule has 1 atom stereocenters. The molecule has 1 amide bonds. The third-order valence-electron chi connectivity index (χ3n) is 3.88. The quantitative estimate of drug-likeness (QED) is 0.696. The first kappa shape index (κ1) is 15.8. The van der Waals surface area contributed by atoms with Crippen LogP contribution in [0, 0.1) is 5.92 Å². The molecule has 2 aromatic heterocycles. The summed E-state index contributed by atoms with van der Waals surface area (Å²) in [4.78, 5) is 15.4. The van der Waals surface area contributed by atoms with Crippen LogP contribution in [0.3, 0.4) is 0 Å². The van der Waals surface area contributed by atoms with Crippen LogP contribution in [-0.2, 0) is 17.8 Å². The molecule has 0 spiro atoms. The highest BCUT2D eigenvalue weighted by Crippen LogP contribution is 2.17.